The molecule has 0 aromatic heterocycles. The Morgan fingerprint density at radius 2 is 2.09 bits per heavy atom. The largest absolute Gasteiger partial charge is 0.497 e. The molecule has 6 heteroatoms. The van der Waals surface area contributed by atoms with Crippen molar-refractivity contribution in [3.05, 3.63) is 23.8 Å². The Bertz CT molecular complexity index is 572. The summed E-state index contributed by atoms with van der Waals surface area (Å²) in [5.74, 6) is 0.473. The number of carbonyl (C=O) groups is 2. The number of piperidine rings is 1. The maximum atomic E-state index is 12.8. The summed E-state index contributed by atoms with van der Waals surface area (Å²) in [6.45, 7) is 1.27. The van der Waals surface area contributed by atoms with Crippen LogP contribution in [0.5, 0.6) is 11.5 Å². The minimum absolute atomic E-state index is 0.0965. The molecule has 1 aliphatic heterocycles. The van der Waals surface area contributed by atoms with Crippen LogP contribution >= 0.6 is 0 Å². The number of ether oxygens (including phenoxy) is 2. The predicted octanol–water partition coefficient (Wildman–Crippen LogP) is 2.42. The Morgan fingerprint density at radius 1 is 1.30 bits per heavy atom. The Balaban J connectivity index is 2.11. The van der Waals surface area contributed by atoms with Crippen LogP contribution < -0.4 is 9.47 Å². The molecule has 1 saturated heterocycles. The number of benzene rings is 1. The first-order valence-electron chi connectivity index (χ1n) is 7.78. The van der Waals surface area contributed by atoms with E-state index in [1.165, 1.54) is 7.11 Å². The summed E-state index contributed by atoms with van der Waals surface area (Å²) >= 11 is 0. The Kier molecular flexibility index (Phi) is 5.84. The lowest BCUT2D eigenvalue weighted by atomic mass is 9.93. The van der Waals surface area contributed by atoms with Crippen LogP contribution in [0.4, 0.5) is 0 Å². The van der Waals surface area contributed by atoms with E-state index in [0.717, 1.165) is 12.8 Å². The molecule has 6 nitrogen and oxygen atoms in total. The molecule has 1 heterocycles. The molecular formula is C17H23NO5. The van der Waals surface area contributed by atoms with Gasteiger partial charge in [-0.3, -0.25) is 9.59 Å². The molecule has 126 valence electrons. The zero-order chi connectivity index (χ0) is 16.8. The van der Waals surface area contributed by atoms with Gasteiger partial charge in [-0.05, 0) is 43.4 Å². The van der Waals surface area contributed by atoms with E-state index in [2.05, 4.69) is 0 Å². The smallest absolute Gasteiger partial charge is 0.303 e. The molecule has 1 unspecified atom stereocenters. The number of nitrogens with zero attached hydrogens (tertiary/aromatic N) is 1. The number of amides is 1. The molecule has 0 spiro atoms. The average Bonchev–Trinajstić information content (AvgIpc) is 2.59. The zero-order valence-corrected chi connectivity index (χ0v) is 13.6. The van der Waals surface area contributed by atoms with Gasteiger partial charge in [-0.25, -0.2) is 0 Å². The van der Waals surface area contributed by atoms with Gasteiger partial charge >= 0.3 is 5.97 Å². The second-order valence-electron chi connectivity index (χ2n) is 5.76. The van der Waals surface area contributed by atoms with E-state index >= 15 is 0 Å². The first-order valence-corrected chi connectivity index (χ1v) is 7.78. The van der Waals surface area contributed by atoms with Crippen LogP contribution in [0, 0.1) is 5.92 Å². The second-order valence-corrected chi connectivity index (χ2v) is 5.76. The fraction of sp³-hybridized carbons (Fsp3) is 0.529. The summed E-state index contributed by atoms with van der Waals surface area (Å²) in [7, 11) is 3.09. The summed E-state index contributed by atoms with van der Waals surface area (Å²) < 4.78 is 10.5. The molecule has 1 amide bonds. The number of hydrogen-bond donors (Lipinski definition) is 1. The number of rotatable bonds is 6. The molecule has 0 radical (unpaired) electrons. The summed E-state index contributed by atoms with van der Waals surface area (Å²) in [6.07, 6.45) is 2.61. The van der Waals surface area contributed by atoms with Gasteiger partial charge in [0, 0.05) is 19.5 Å². The normalized spacial score (nSPS) is 17.7. The van der Waals surface area contributed by atoms with Crippen LogP contribution in [0.1, 0.15) is 36.0 Å². The third-order valence-corrected chi connectivity index (χ3v) is 4.21. The zero-order valence-electron chi connectivity index (χ0n) is 13.6. The fourth-order valence-corrected chi connectivity index (χ4v) is 2.96. The van der Waals surface area contributed by atoms with E-state index in [4.69, 9.17) is 14.6 Å². The highest BCUT2D eigenvalue weighted by Gasteiger charge is 2.26. The van der Waals surface area contributed by atoms with Crippen LogP contribution in [0.3, 0.4) is 0 Å². The molecule has 1 aliphatic rings. The number of aliphatic carboxylic acids is 1. The third-order valence-electron chi connectivity index (χ3n) is 4.21. The Morgan fingerprint density at radius 3 is 2.74 bits per heavy atom. The van der Waals surface area contributed by atoms with E-state index in [9.17, 15) is 9.59 Å². The predicted molar refractivity (Wildman–Crippen MR) is 85.0 cm³/mol. The van der Waals surface area contributed by atoms with Gasteiger partial charge in [0.1, 0.15) is 11.5 Å². The van der Waals surface area contributed by atoms with Crippen molar-refractivity contribution in [3.8, 4) is 11.5 Å². The number of carbonyl (C=O) groups excluding carboxylic acids is 1. The molecule has 1 atom stereocenters. The van der Waals surface area contributed by atoms with Crippen LogP contribution in [0.2, 0.25) is 0 Å². The molecule has 1 N–H and O–H groups in total. The molecule has 2 rings (SSSR count). The maximum Gasteiger partial charge on any atom is 0.303 e. The summed E-state index contributed by atoms with van der Waals surface area (Å²) in [5.41, 5.74) is 0.478. The monoisotopic (exact) mass is 321 g/mol. The molecule has 1 aromatic rings. The summed E-state index contributed by atoms with van der Waals surface area (Å²) in [6, 6.07) is 5.15. The summed E-state index contributed by atoms with van der Waals surface area (Å²) in [5, 5.41) is 8.81. The summed E-state index contributed by atoms with van der Waals surface area (Å²) in [4.78, 5) is 25.3. The van der Waals surface area contributed by atoms with E-state index in [1.807, 2.05) is 0 Å². The van der Waals surface area contributed by atoms with Gasteiger partial charge in [0.15, 0.2) is 0 Å². The van der Waals surface area contributed by atoms with Crippen LogP contribution in [-0.2, 0) is 4.79 Å². The second kappa shape index (κ2) is 7.85. The van der Waals surface area contributed by atoms with E-state index in [1.54, 1.807) is 30.2 Å². The van der Waals surface area contributed by atoms with Gasteiger partial charge in [-0.2, -0.15) is 0 Å². The van der Waals surface area contributed by atoms with Crippen molar-refractivity contribution in [1.82, 2.24) is 4.90 Å². The van der Waals surface area contributed by atoms with Gasteiger partial charge in [-0.1, -0.05) is 0 Å². The average molecular weight is 321 g/mol. The van der Waals surface area contributed by atoms with Crippen LogP contribution in [0.15, 0.2) is 18.2 Å². The highest BCUT2D eigenvalue weighted by molar-refractivity contribution is 5.97. The molecule has 1 fully saturated rings. The van der Waals surface area contributed by atoms with Crippen molar-refractivity contribution >= 4 is 11.9 Å². The molecule has 1 aromatic carbocycles. The van der Waals surface area contributed by atoms with Gasteiger partial charge in [0.2, 0.25) is 0 Å². The molecular weight excluding hydrogens is 298 g/mol. The van der Waals surface area contributed by atoms with Crippen molar-refractivity contribution in [2.24, 2.45) is 5.92 Å². The number of carboxylic acid groups (broad SMARTS) is 1. The van der Waals surface area contributed by atoms with Crippen molar-refractivity contribution < 1.29 is 24.2 Å². The SMILES string of the molecule is COc1ccc(OC)c(C(=O)N2CCCC(CCC(=O)O)C2)c1. The molecule has 0 saturated carbocycles. The Labute approximate surface area is 136 Å². The minimum atomic E-state index is -0.789. The molecule has 0 aliphatic carbocycles. The lowest BCUT2D eigenvalue weighted by Gasteiger charge is -2.33. The minimum Gasteiger partial charge on any atom is -0.497 e. The molecule has 23 heavy (non-hydrogen) atoms. The maximum absolute atomic E-state index is 12.8. The van der Waals surface area contributed by atoms with Crippen molar-refractivity contribution in [1.29, 1.82) is 0 Å². The number of hydrogen-bond acceptors (Lipinski definition) is 4. The van der Waals surface area contributed by atoms with Crippen molar-refractivity contribution in [2.45, 2.75) is 25.7 Å². The molecule has 0 bridgehead atoms. The third kappa shape index (κ3) is 4.37. The van der Waals surface area contributed by atoms with E-state index < -0.39 is 5.97 Å². The fourth-order valence-electron chi connectivity index (χ4n) is 2.96. The quantitative estimate of drug-likeness (QED) is 0.871. The number of carboxylic acids is 1. The van der Waals surface area contributed by atoms with Gasteiger partial charge in [-0.15, -0.1) is 0 Å². The van der Waals surface area contributed by atoms with Crippen LogP contribution in [-0.4, -0.2) is 49.2 Å². The van der Waals surface area contributed by atoms with Gasteiger partial charge in [0.25, 0.3) is 5.91 Å². The number of likely N-dealkylation sites (tertiary alicyclic amines) is 1. The standard InChI is InChI=1S/C17H23NO5/c1-22-13-6-7-15(23-2)14(10-13)17(21)18-9-3-4-12(11-18)5-8-16(19)20/h6-7,10,12H,3-5,8-9,11H2,1-2H3,(H,19,20). The first-order chi connectivity index (χ1) is 11.0. The highest BCUT2D eigenvalue weighted by Crippen LogP contribution is 2.28. The number of methoxy groups -OCH3 is 2. The van der Waals surface area contributed by atoms with Crippen molar-refractivity contribution in [2.75, 3.05) is 27.3 Å². The van der Waals surface area contributed by atoms with Crippen molar-refractivity contribution in [3.63, 3.8) is 0 Å². The van der Waals surface area contributed by atoms with E-state index in [0.29, 0.717) is 36.6 Å². The topological polar surface area (TPSA) is 76.1 Å². The Hall–Kier alpha value is -2.24. The lowest BCUT2D eigenvalue weighted by molar-refractivity contribution is -0.137. The lowest BCUT2D eigenvalue weighted by Crippen LogP contribution is -2.40. The first kappa shape index (κ1) is 17.1. The van der Waals surface area contributed by atoms with Crippen LogP contribution in [0.25, 0.3) is 0 Å². The highest BCUT2D eigenvalue weighted by atomic mass is 16.5. The van der Waals surface area contributed by atoms with Gasteiger partial charge < -0.3 is 19.5 Å². The van der Waals surface area contributed by atoms with Gasteiger partial charge in [0.05, 0.1) is 19.8 Å². The van der Waals surface area contributed by atoms with E-state index in [-0.39, 0.29) is 18.2 Å².